The molecule has 0 aliphatic carbocycles. The van der Waals surface area contributed by atoms with E-state index in [1.165, 1.54) is 11.3 Å². The minimum Gasteiger partial charge on any atom is -0.494 e. The number of methoxy groups -OCH3 is 1. The first kappa shape index (κ1) is 18.0. The Hall–Kier alpha value is -3.39. The Bertz CT molecular complexity index is 1080. The molecule has 0 bridgehead atoms. The van der Waals surface area contributed by atoms with E-state index >= 15 is 0 Å². The second-order valence-electron chi connectivity index (χ2n) is 6.06. The number of aromatic nitrogens is 3. The number of rotatable bonds is 6. The van der Waals surface area contributed by atoms with Crippen molar-refractivity contribution in [2.24, 2.45) is 0 Å². The molecule has 2 aromatic carbocycles. The second kappa shape index (κ2) is 8.10. The van der Waals surface area contributed by atoms with Crippen LogP contribution in [0.1, 0.15) is 0 Å². The van der Waals surface area contributed by atoms with Crippen LogP contribution in [0, 0.1) is 0 Å². The Morgan fingerprint density at radius 2 is 2.07 bits per heavy atom. The van der Waals surface area contributed by atoms with E-state index in [0.29, 0.717) is 24.0 Å². The molecule has 28 heavy (non-hydrogen) atoms. The molecule has 2 heterocycles. The summed E-state index contributed by atoms with van der Waals surface area (Å²) in [5.74, 6) is 0.680. The molecule has 0 saturated heterocycles. The fourth-order valence-electron chi connectivity index (χ4n) is 2.91. The summed E-state index contributed by atoms with van der Waals surface area (Å²) in [5.41, 5.74) is 2.89. The molecule has 0 aliphatic heterocycles. The fourth-order valence-corrected chi connectivity index (χ4v) is 3.92. The van der Waals surface area contributed by atoms with Gasteiger partial charge in [0.05, 0.1) is 18.1 Å². The highest BCUT2D eigenvalue weighted by atomic mass is 32.1. The molecule has 2 amide bonds. The average molecular weight is 393 g/mol. The van der Waals surface area contributed by atoms with E-state index in [1.807, 2.05) is 41.1 Å². The van der Waals surface area contributed by atoms with Crippen LogP contribution in [0.3, 0.4) is 0 Å². The lowest BCUT2D eigenvalue weighted by molar-refractivity contribution is 0.251. The molecule has 142 valence electrons. The third-order valence-electron chi connectivity index (χ3n) is 4.25. The SMILES string of the molecule is COc1ccc(-c2ccccc2)c2sc(NC(=O)NCCn3ccnc3)nc12. The van der Waals surface area contributed by atoms with Crippen molar-refractivity contribution in [2.45, 2.75) is 6.54 Å². The molecule has 0 radical (unpaired) electrons. The molecular formula is C20H19N5O2S. The Labute approximate surface area is 166 Å². The molecule has 0 unspecified atom stereocenters. The Morgan fingerprint density at radius 1 is 1.21 bits per heavy atom. The third-order valence-corrected chi connectivity index (χ3v) is 5.25. The van der Waals surface area contributed by atoms with Gasteiger partial charge >= 0.3 is 6.03 Å². The van der Waals surface area contributed by atoms with Gasteiger partial charge in [-0.1, -0.05) is 41.7 Å². The zero-order valence-electron chi connectivity index (χ0n) is 15.3. The number of benzene rings is 2. The maximum absolute atomic E-state index is 12.2. The Kier molecular flexibility index (Phi) is 5.20. The highest BCUT2D eigenvalue weighted by Crippen LogP contribution is 2.39. The number of hydrogen-bond acceptors (Lipinski definition) is 5. The number of amides is 2. The number of imidazole rings is 1. The third kappa shape index (κ3) is 3.81. The first-order valence-corrected chi connectivity index (χ1v) is 9.60. The first-order chi connectivity index (χ1) is 13.7. The zero-order chi connectivity index (χ0) is 19.3. The van der Waals surface area contributed by atoms with Crippen LogP contribution in [0.2, 0.25) is 0 Å². The number of thiazole rings is 1. The van der Waals surface area contributed by atoms with Gasteiger partial charge in [-0.3, -0.25) is 5.32 Å². The minimum absolute atomic E-state index is 0.292. The van der Waals surface area contributed by atoms with Crippen LogP contribution in [-0.2, 0) is 6.54 Å². The van der Waals surface area contributed by atoms with Crippen LogP contribution in [0.15, 0.2) is 61.2 Å². The summed E-state index contributed by atoms with van der Waals surface area (Å²) in [7, 11) is 1.62. The van der Waals surface area contributed by atoms with Crippen molar-refractivity contribution in [3.05, 3.63) is 61.2 Å². The van der Waals surface area contributed by atoms with Crippen molar-refractivity contribution in [2.75, 3.05) is 19.0 Å². The summed E-state index contributed by atoms with van der Waals surface area (Å²) < 4.78 is 8.32. The smallest absolute Gasteiger partial charge is 0.321 e. The van der Waals surface area contributed by atoms with Crippen molar-refractivity contribution in [1.82, 2.24) is 19.9 Å². The van der Waals surface area contributed by atoms with Crippen molar-refractivity contribution in [3.63, 3.8) is 0 Å². The molecule has 2 N–H and O–H groups in total. The van der Waals surface area contributed by atoms with E-state index in [4.69, 9.17) is 4.74 Å². The standard InChI is InChI=1S/C20H19N5O2S/c1-27-16-8-7-15(14-5-3-2-4-6-14)18-17(16)23-20(28-18)24-19(26)22-10-12-25-11-9-21-13-25/h2-9,11,13H,10,12H2,1H3,(H2,22,23,24,26). The topological polar surface area (TPSA) is 81.1 Å². The molecule has 2 aromatic heterocycles. The van der Waals surface area contributed by atoms with Gasteiger partial charge in [-0.05, 0) is 17.7 Å². The van der Waals surface area contributed by atoms with E-state index in [2.05, 4.69) is 32.7 Å². The molecule has 0 atom stereocenters. The number of carbonyl (C=O) groups is 1. The van der Waals surface area contributed by atoms with Crippen LogP contribution in [0.4, 0.5) is 9.93 Å². The lowest BCUT2D eigenvalue weighted by Gasteiger charge is -2.05. The van der Waals surface area contributed by atoms with Crippen LogP contribution in [0.25, 0.3) is 21.3 Å². The molecule has 0 fully saturated rings. The lowest BCUT2D eigenvalue weighted by atomic mass is 10.1. The average Bonchev–Trinajstić information content (AvgIpc) is 3.37. The lowest BCUT2D eigenvalue weighted by Crippen LogP contribution is -2.31. The predicted molar refractivity (Wildman–Crippen MR) is 111 cm³/mol. The van der Waals surface area contributed by atoms with Gasteiger partial charge in [-0.2, -0.15) is 0 Å². The summed E-state index contributed by atoms with van der Waals surface area (Å²) in [6, 6.07) is 13.7. The Morgan fingerprint density at radius 3 is 2.82 bits per heavy atom. The number of nitrogens with zero attached hydrogens (tertiary/aromatic N) is 3. The molecule has 4 rings (SSSR count). The number of fused-ring (bicyclic) bond motifs is 1. The van der Waals surface area contributed by atoms with Crippen molar-refractivity contribution in [1.29, 1.82) is 0 Å². The van der Waals surface area contributed by atoms with Gasteiger partial charge in [0.15, 0.2) is 5.13 Å². The molecule has 0 aliphatic rings. The van der Waals surface area contributed by atoms with E-state index in [0.717, 1.165) is 21.3 Å². The van der Waals surface area contributed by atoms with Gasteiger partial charge < -0.3 is 14.6 Å². The summed E-state index contributed by atoms with van der Waals surface area (Å²) in [6.07, 6.45) is 5.27. The minimum atomic E-state index is -0.292. The highest BCUT2D eigenvalue weighted by Gasteiger charge is 2.15. The largest absolute Gasteiger partial charge is 0.494 e. The van der Waals surface area contributed by atoms with E-state index in [-0.39, 0.29) is 6.03 Å². The molecule has 0 spiro atoms. The number of urea groups is 1. The highest BCUT2D eigenvalue weighted by molar-refractivity contribution is 7.23. The van der Waals surface area contributed by atoms with Crippen molar-refractivity contribution < 1.29 is 9.53 Å². The number of ether oxygens (including phenoxy) is 1. The van der Waals surface area contributed by atoms with E-state index in [9.17, 15) is 4.79 Å². The molecule has 0 saturated carbocycles. The normalized spacial score (nSPS) is 10.8. The van der Waals surface area contributed by atoms with Gasteiger partial charge in [0.1, 0.15) is 11.3 Å². The van der Waals surface area contributed by atoms with E-state index < -0.39 is 0 Å². The van der Waals surface area contributed by atoms with Crippen LogP contribution >= 0.6 is 11.3 Å². The van der Waals surface area contributed by atoms with Gasteiger partial charge in [-0.25, -0.2) is 14.8 Å². The summed E-state index contributed by atoms with van der Waals surface area (Å²) in [6.45, 7) is 1.14. The molecular weight excluding hydrogens is 374 g/mol. The maximum atomic E-state index is 12.2. The second-order valence-corrected chi connectivity index (χ2v) is 7.06. The van der Waals surface area contributed by atoms with E-state index in [1.54, 1.807) is 19.6 Å². The number of nitrogens with one attached hydrogen (secondary N) is 2. The van der Waals surface area contributed by atoms with Gasteiger partial charge in [0, 0.05) is 31.0 Å². The Balaban J connectivity index is 1.54. The zero-order valence-corrected chi connectivity index (χ0v) is 16.1. The maximum Gasteiger partial charge on any atom is 0.321 e. The summed E-state index contributed by atoms with van der Waals surface area (Å²) >= 11 is 1.43. The van der Waals surface area contributed by atoms with Crippen LogP contribution in [0.5, 0.6) is 5.75 Å². The summed E-state index contributed by atoms with van der Waals surface area (Å²) in [4.78, 5) is 20.8. The predicted octanol–water partition coefficient (Wildman–Crippen LogP) is 3.99. The monoisotopic (exact) mass is 393 g/mol. The molecule has 8 heteroatoms. The fraction of sp³-hybridized carbons (Fsp3) is 0.150. The summed E-state index contributed by atoms with van der Waals surface area (Å²) in [5, 5.41) is 6.17. The number of carbonyl (C=O) groups excluding carboxylic acids is 1. The van der Waals surface area contributed by atoms with Crippen molar-refractivity contribution >= 4 is 32.7 Å². The van der Waals surface area contributed by atoms with Crippen LogP contribution in [-0.4, -0.2) is 34.2 Å². The quantitative estimate of drug-likeness (QED) is 0.519. The van der Waals surface area contributed by atoms with Gasteiger partial charge in [-0.15, -0.1) is 0 Å². The van der Waals surface area contributed by atoms with Gasteiger partial charge in [0.2, 0.25) is 0 Å². The van der Waals surface area contributed by atoms with Crippen molar-refractivity contribution in [3.8, 4) is 16.9 Å². The molecule has 4 aromatic rings. The van der Waals surface area contributed by atoms with Crippen LogP contribution < -0.4 is 15.4 Å². The first-order valence-electron chi connectivity index (χ1n) is 8.78. The van der Waals surface area contributed by atoms with Gasteiger partial charge in [0.25, 0.3) is 0 Å². The number of anilines is 1. The number of hydrogen-bond donors (Lipinski definition) is 2. The molecule has 7 nitrogen and oxygen atoms in total.